The topological polar surface area (TPSA) is 84.3 Å². The number of hydrogen-bond donors (Lipinski definition) is 2. The fraction of sp³-hybridized carbons (Fsp3) is 0.500. The van der Waals surface area contributed by atoms with Crippen LogP contribution in [0.25, 0.3) is 0 Å². The standard InChI is InChI=1S/C14H19N3O3S/c1-2-6-15-12-8-10(3-4-13(12)17(19)20)14(18)16-11-5-7-21-9-11/h3-4,8,11,15H,2,5-7,9H2,1H3,(H,16,18). The number of thioether (sulfide) groups is 1. The van der Waals surface area contributed by atoms with E-state index in [0.717, 1.165) is 24.3 Å². The molecule has 1 heterocycles. The van der Waals surface area contributed by atoms with Gasteiger partial charge >= 0.3 is 0 Å². The van der Waals surface area contributed by atoms with Gasteiger partial charge in [0.1, 0.15) is 5.69 Å². The van der Waals surface area contributed by atoms with Gasteiger partial charge in [-0.3, -0.25) is 14.9 Å². The number of nitrogens with zero attached hydrogens (tertiary/aromatic N) is 1. The molecule has 7 heteroatoms. The summed E-state index contributed by atoms with van der Waals surface area (Å²) in [4.78, 5) is 22.8. The minimum atomic E-state index is -0.437. The van der Waals surface area contributed by atoms with E-state index in [9.17, 15) is 14.9 Å². The molecule has 0 saturated carbocycles. The second kappa shape index (κ2) is 7.31. The molecule has 1 amide bonds. The second-order valence-electron chi connectivity index (χ2n) is 4.95. The number of carbonyl (C=O) groups is 1. The lowest BCUT2D eigenvalue weighted by Gasteiger charge is -2.12. The Labute approximate surface area is 127 Å². The molecule has 1 saturated heterocycles. The molecule has 0 spiro atoms. The summed E-state index contributed by atoms with van der Waals surface area (Å²) in [5.41, 5.74) is 0.850. The highest BCUT2D eigenvalue weighted by Gasteiger charge is 2.20. The monoisotopic (exact) mass is 309 g/mol. The lowest BCUT2D eigenvalue weighted by atomic mass is 10.1. The molecular formula is C14H19N3O3S. The highest BCUT2D eigenvalue weighted by atomic mass is 32.2. The van der Waals surface area contributed by atoms with Gasteiger partial charge in [-0.05, 0) is 30.7 Å². The van der Waals surface area contributed by atoms with Crippen molar-refractivity contribution in [3.8, 4) is 0 Å². The Morgan fingerprint density at radius 3 is 2.95 bits per heavy atom. The fourth-order valence-electron chi connectivity index (χ4n) is 2.15. The molecule has 1 atom stereocenters. The summed E-state index contributed by atoms with van der Waals surface area (Å²) in [5.74, 6) is 1.82. The van der Waals surface area contributed by atoms with Crippen LogP contribution in [0.5, 0.6) is 0 Å². The van der Waals surface area contributed by atoms with Crippen LogP contribution in [0, 0.1) is 10.1 Å². The van der Waals surface area contributed by atoms with Gasteiger partial charge in [-0.25, -0.2) is 0 Å². The van der Waals surface area contributed by atoms with Crippen molar-refractivity contribution in [2.24, 2.45) is 0 Å². The van der Waals surface area contributed by atoms with Gasteiger partial charge in [0.25, 0.3) is 11.6 Å². The van der Waals surface area contributed by atoms with Crippen molar-refractivity contribution in [1.29, 1.82) is 0 Å². The van der Waals surface area contributed by atoms with Gasteiger partial charge < -0.3 is 10.6 Å². The molecule has 1 aromatic rings. The zero-order valence-corrected chi connectivity index (χ0v) is 12.7. The van der Waals surface area contributed by atoms with Crippen molar-refractivity contribution in [3.63, 3.8) is 0 Å². The first-order valence-electron chi connectivity index (χ1n) is 7.02. The average Bonchev–Trinajstić information content (AvgIpc) is 2.97. The number of nitro groups is 1. The van der Waals surface area contributed by atoms with Gasteiger partial charge in [0.15, 0.2) is 0 Å². The van der Waals surface area contributed by atoms with Gasteiger partial charge in [0.2, 0.25) is 0 Å². The Morgan fingerprint density at radius 2 is 2.33 bits per heavy atom. The number of amides is 1. The number of hydrogen-bond acceptors (Lipinski definition) is 5. The third kappa shape index (κ3) is 4.10. The highest BCUT2D eigenvalue weighted by molar-refractivity contribution is 7.99. The van der Waals surface area contributed by atoms with Crippen molar-refractivity contribution in [1.82, 2.24) is 5.32 Å². The van der Waals surface area contributed by atoms with Crippen LogP contribution in [0.15, 0.2) is 18.2 Å². The molecule has 21 heavy (non-hydrogen) atoms. The first-order valence-corrected chi connectivity index (χ1v) is 8.18. The molecule has 0 aromatic heterocycles. The number of anilines is 1. The van der Waals surface area contributed by atoms with E-state index in [-0.39, 0.29) is 17.6 Å². The highest BCUT2D eigenvalue weighted by Crippen LogP contribution is 2.26. The first kappa shape index (κ1) is 15.6. The van der Waals surface area contributed by atoms with Crippen LogP contribution in [0.2, 0.25) is 0 Å². The van der Waals surface area contributed by atoms with E-state index in [4.69, 9.17) is 0 Å². The summed E-state index contributed by atoms with van der Waals surface area (Å²) in [6.07, 6.45) is 1.83. The molecule has 1 fully saturated rings. The number of nitrogens with one attached hydrogen (secondary N) is 2. The van der Waals surface area contributed by atoms with Gasteiger partial charge in [-0.2, -0.15) is 11.8 Å². The summed E-state index contributed by atoms with van der Waals surface area (Å²) < 4.78 is 0. The minimum absolute atomic E-state index is 0.00331. The van der Waals surface area contributed by atoms with Crippen molar-refractivity contribution >= 4 is 29.0 Å². The molecule has 0 radical (unpaired) electrons. The van der Waals surface area contributed by atoms with Gasteiger partial charge in [0, 0.05) is 30.0 Å². The maximum Gasteiger partial charge on any atom is 0.292 e. The Balaban J connectivity index is 2.15. The lowest BCUT2D eigenvalue weighted by Crippen LogP contribution is -2.34. The molecule has 1 unspecified atom stereocenters. The molecular weight excluding hydrogens is 290 g/mol. The Morgan fingerprint density at radius 1 is 1.52 bits per heavy atom. The molecule has 6 nitrogen and oxygen atoms in total. The van der Waals surface area contributed by atoms with Crippen molar-refractivity contribution in [2.75, 3.05) is 23.4 Å². The van der Waals surface area contributed by atoms with E-state index in [1.807, 2.05) is 18.7 Å². The number of nitro benzene ring substituents is 1. The van der Waals surface area contributed by atoms with E-state index >= 15 is 0 Å². The number of carbonyl (C=O) groups excluding carboxylic acids is 1. The second-order valence-corrected chi connectivity index (χ2v) is 6.10. The van der Waals surface area contributed by atoms with Gasteiger partial charge in [0.05, 0.1) is 4.92 Å². The van der Waals surface area contributed by atoms with Crippen molar-refractivity contribution in [2.45, 2.75) is 25.8 Å². The molecule has 0 aliphatic carbocycles. The molecule has 114 valence electrons. The van der Waals surface area contributed by atoms with Crippen molar-refractivity contribution < 1.29 is 9.72 Å². The SMILES string of the molecule is CCCNc1cc(C(=O)NC2CCSC2)ccc1[N+](=O)[O-]. The minimum Gasteiger partial charge on any atom is -0.379 e. The van der Waals surface area contributed by atoms with Crippen LogP contribution in [0.3, 0.4) is 0 Å². The predicted octanol–water partition coefficient (Wildman–Crippen LogP) is 2.65. The Bertz CT molecular complexity index is 530. The maximum absolute atomic E-state index is 12.2. The average molecular weight is 309 g/mol. The van der Waals surface area contributed by atoms with Crippen LogP contribution < -0.4 is 10.6 Å². The predicted molar refractivity (Wildman–Crippen MR) is 85.1 cm³/mol. The molecule has 1 aliphatic rings. The molecule has 1 aromatic carbocycles. The Hall–Kier alpha value is -1.76. The van der Waals surface area contributed by atoms with Crippen molar-refractivity contribution in [3.05, 3.63) is 33.9 Å². The van der Waals surface area contributed by atoms with Crippen LogP contribution in [0.4, 0.5) is 11.4 Å². The summed E-state index contributed by atoms with van der Waals surface area (Å²) in [6, 6.07) is 4.65. The zero-order valence-electron chi connectivity index (χ0n) is 11.9. The summed E-state index contributed by atoms with van der Waals surface area (Å²) in [7, 11) is 0. The van der Waals surface area contributed by atoms with E-state index in [0.29, 0.717) is 17.8 Å². The van der Waals surface area contributed by atoms with E-state index in [2.05, 4.69) is 10.6 Å². The molecule has 1 aliphatic heterocycles. The number of benzene rings is 1. The molecule has 0 bridgehead atoms. The molecule has 2 N–H and O–H groups in total. The summed E-state index contributed by atoms with van der Waals surface area (Å²) in [6.45, 7) is 2.61. The van der Waals surface area contributed by atoms with E-state index in [1.54, 1.807) is 6.07 Å². The fourth-order valence-corrected chi connectivity index (χ4v) is 3.31. The summed E-state index contributed by atoms with van der Waals surface area (Å²) >= 11 is 1.82. The van der Waals surface area contributed by atoms with E-state index in [1.165, 1.54) is 12.1 Å². The van der Waals surface area contributed by atoms with Gasteiger partial charge in [-0.1, -0.05) is 6.92 Å². The van der Waals surface area contributed by atoms with Crippen LogP contribution in [0.1, 0.15) is 30.1 Å². The lowest BCUT2D eigenvalue weighted by molar-refractivity contribution is -0.384. The third-order valence-electron chi connectivity index (χ3n) is 3.29. The maximum atomic E-state index is 12.2. The van der Waals surface area contributed by atoms with E-state index < -0.39 is 4.92 Å². The summed E-state index contributed by atoms with van der Waals surface area (Å²) in [5, 5.41) is 17.0. The van der Waals surface area contributed by atoms with Gasteiger partial charge in [-0.15, -0.1) is 0 Å². The normalized spacial score (nSPS) is 17.5. The smallest absolute Gasteiger partial charge is 0.292 e. The van der Waals surface area contributed by atoms with Crippen LogP contribution in [-0.4, -0.2) is 34.9 Å². The number of rotatable bonds is 6. The zero-order chi connectivity index (χ0) is 15.2. The molecule has 2 rings (SSSR count). The first-order chi connectivity index (χ1) is 10.1. The quantitative estimate of drug-likeness (QED) is 0.623. The van der Waals surface area contributed by atoms with Crippen LogP contribution in [-0.2, 0) is 0 Å². The third-order valence-corrected chi connectivity index (χ3v) is 4.45. The Kier molecular flexibility index (Phi) is 5.44. The van der Waals surface area contributed by atoms with Crippen LogP contribution >= 0.6 is 11.8 Å². The largest absolute Gasteiger partial charge is 0.379 e.